The Labute approximate surface area is 173 Å². The number of rotatable bonds is 6. The molecule has 0 heterocycles. The molecule has 0 saturated heterocycles. The first-order valence-corrected chi connectivity index (χ1v) is 8.97. The van der Waals surface area contributed by atoms with Crippen molar-refractivity contribution in [3.8, 4) is 23.3 Å². The van der Waals surface area contributed by atoms with Crippen LogP contribution < -0.4 is 14.2 Å². The largest absolute Gasteiger partial charge is 0.496 e. The highest BCUT2D eigenvalue weighted by Gasteiger charge is 2.20. The summed E-state index contributed by atoms with van der Waals surface area (Å²) in [5.74, 6) is -0.243. The standard InChI is InChI=1S/C24H18FNO4/c1-28-21-11-6-12-22(29-2)23(21)24(27)30-18-8-5-7-16(14-18)13-17(15-26)19-9-3-4-10-20(19)25/h3-14H,1-2H3/b17-13-. The van der Waals surface area contributed by atoms with Gasteiger partial charge < -0.3 is 14.2 Å². The fourth-order valence-electron chi connectivity index (χ4n) is 2.89. The molecule has 0 aromatic heterocycles. The second-order valence-electron chi connectivity index (χ2n) is 6.15. The lowest BCUT2D eigenvalue weighted by Crippen LogP contribution is -2.12. The highest BCUT2D eigenvalue weighted by atomic mass is 19.1. The van der Waals surface area contributed by atoms with Crippen molar-refractivity contribution in [3.05, 3.63) is 89.2 Å². The first-order chi connectivity index (χ1) is 14.6. The Hall–Kier alpha value is -4.11. The molecular formula is C24H18FNO4. The van der Waals surface area contributed by atoms with Crippen molar-refractivity contribution >= 4 is 17.6 Å². The Morgan fingerprint density at radius 1 is 0.967 bits per heavy atom. The third-order valence-corrected chi connectivity index (χ3v) is 4.30. The normalized spacial score (nSPS) is 10.8. The molecule has 3 aromatic carbocycles. The van der Waals surface area contributed by atoms with Gasteiger partial charge in [0.05, 0.1) is 25.9 Å². The molecule has 0 saturated carbocycles. The molecular weight excluding hydrogens is 385 g/mol. The Morgan fingerprint density at radius 3 is 2.27 bits per heavy atom. The van der Waals surface area contributed by atoms with Crippen LogP contribution in [0.1, 0.15) is 21.5 Å². The van der Waals surface area contributed by atoms with Gasteiger partial charge in [-0.1, -0.05) is 36.4 Å². The minimum absolute atomic E-state index is 0.156. The summed E-state index contributed by atoms with van der Waals surface area (Å²) in [5, 5.41) is 9.45. The van der Waals surface area contributed by atoms with E-state index >= 15 is 0 Å². The van der Waals surface area contributed by atoms with Crippen LogP contribution in [0.5, 0.6) is 17.2 Å². The topological polar surface area (TPSA) is 68.6 Å². The number of benzene rings is 3. The first-order valence-electron chi connectivity index (χ1n) is 8.97. The van der Waals surface area contributed by atoms with Crippen LogP contribution in [0.3, 0.4) is 0 Å². The predicted octanol–water partition coefficient (Wildman–Crippen LogP) is 5.13. The number of hydrogen-bond acceptors (Lipinski definition) is 5. The lowest BCUT2D eigenvalue weighted by Gasteiger charge is -2.12. The van der Waals surface area contributed by atoms with Crippen LogP contribution >= 0.6 is 0 Å². The van der Waals surface area contributed by atoms with Gasteiger partial charge in [-0.2, -0.15) is 5.26 Å². The molecule has 5 nitrogen and oxygen atoms in total. The van der Waals surface area contributed by atoms with Crippen molar-refractivity contribution < 1.29 is 23.4 Å². The van der Waals surface area contributed by atoms with Gasteiger partial charge >= 0.3 is 5.97 Å². The minimum Gasteiger partial charge on any atom is -0.496 e. The van der Waals surface area contributed by atoms with E-state index in [0.717, 1.165) is 0 Å². The Bertz CT molecular complexity index is 1130. The van der Waals surface area contributed by atoms with Crippen molar-refractivity contribution in [2.24, 2.45) is 0 Å². The van der Waals surface area contributed by atoms with Gasteiger partial charge in [0.25, 0.3) is 0 Å². The lowest BCUT2D eigenvalue weighted by molar-refractivity contribution is 0.0727. The van der Waals surface area contributed by atoms with Crippen molar-refractivity contribution in [2.75, 3.05) is 14.2 Å². The number of halogens is 1. The number of nitrogens with zero attached hydrogens (tertiary/aromatic N) is 1. The van der Waals surface area contributed by atoms with Gasteiger partial charge in [0.1, 0.15) is 28.6 Å². The Morgan fingerprint density at radius 2 is 1.63 bits per heavy atom. The van der Waals surface area contributed by atoms with Crippen molar-refractivity contribution in [2.45, 2.75) is 0 Å². The average molecular weight is 403 g/mol. The van der Waals surface area contributed by atoms with Crippen molar-refractivity contribution in [1.82, 2.24) is 0 Å². The van der Waals surface area contributed by atoms with Gasteiger partial charge in [-0.3, -0.25) is 0 Å². The van der Waals surface area contributed by atoms with Gasteiger partial charge in [-0.15, -0.1) is 0 Å². The SMILES string of the molecule is COc1cccc(OC)c1C(=O)Oc1cccc(/C=C(/C#N)c2ccccc2F)c1. The zero-order chi connectivity index (χ0) is 21.5. The summed E-state index contributed by atoms with van der Waals surface area (Å²) < 4.78 is 30.0. The van der Waals surface area contributed by atoms with E-state index in [1.54, 1.807) is 54.6 Å². The van der Waals surface area contributed by atoms with E-state index in [2.05, 4.69) is 0 Å². The molecule has 0 fully saturated rings. The second kappa shape index (κ2) is 9.39. The number of esters is 1. The van der Waals surface area contributed by atoms with Crippen LogP contribution in [0, 0.1) is 17.1 Å². The summed E-state index contributed by atoms with van der Waals surface area (Å²) >= 11 is 0. The third kappa shape index (κ3) is 4.47. The first kappa shape index (κ1) is 20.6. The van der Waals surface area contributed by atoms with E-state index in [-0.39, 0.29) is 22.4 Å². The molecule has 30 heavy (non-hydrogen) atoms. The molecule has 0 bridgehead atoms. The maximum absolute atomic E-state index is 14.0. The quantitative estimate of drug-likeness (QED) is 0.247. The Balaban J connectivity index is 1.91. The fourth-order valence-corrected chi connectivity index (χ4v) is 2.89. The molecule has 0 atom stereocenters. The number of hydrogen-bond donors (Lipinski definition) is 0. The maximum atomic E-state index is 14.0. The molecule has 0 unspecified atom stereocenters. The number of nitriles is 1. The molecule has 0 radical (unpaired) electrons. The van der Waals surface area contributed by atoms with Crippen LogP contribution in [0.15, 0.2) is 66.7 Å². The molecule has 0 aliphatic rings. The summed E-state index contributed by atoms with van der Waals surface area (Å²) in [4.78, 5) is 12.7. The molecule has 0 aliphatic heterocycles. The Kier molecular flexibility index (Phi) is 6.46. The van der Waals surface area contributed by atoms with E-state index < -0.39 is 11.8 Å². The molecule has 0 amide bonds. The molecule has 0 spiro atoms. The molecule has 150 valence electrons. The fraction of sp³-hybridized carbons (Fsp3) is 0.0833. The average Bonchev–Trinajstić information content (AvgIpc) is 2.77. The van der Waals surface area contributed by atoms with E-state index in [1.807, 2.05) is 6.07 Å². The molecule has 3 rings (SSSR count). The zero-order valence-corrected chi connectivity index (χ0v) is 16.4. The van der Waals surface area contributed by atoms with E-state index in [9.17, 15) is 14.4 Å². The third-order valence-electron chi connectivity index (χ3n) is 4.30. The summed E-state index contributed by atoms with van der Waals surface area (Å²) in [6.07, 6.45) is 1.53. The van der Waals surface area contributed by atoms with Crippen LogP contribution in [0.2, 0.25) is 0 Å². The number of methoxy groups -OCH3 is 2. The number of ether oxygens (including phenoxy) is 3. The highest BCUT2D eigenvalue weighted by Crippen LogP contribution is 2.30. The van der Waals surface area contributed by atoms with Gasteiger partial charge in [-0.25, -0.2) is 9.18 Å². The monoisotopic (exact) mass is 403 g/mol. The van der Waals surface area contributed by atoms with Crippen molar-refractivity contribution in [3.63, 3.8) is 0 Å². The summed E-state index contributed by atoms with van der Waals surface area (Å²) in [7, 11) is 2.90. The predicted molar refractivity (Wildman–Crippen MR) is 111 cm³/mol. The van der Waals surface area contributed by atoms with Crippen LogP contribution in [-0.4, -0.2) is 20.2 Å². The number of carbonyl (C=O) groups is 1. The second-order valence-corrected chi connectivity index (χ2v) is 6.15. The van der Waals surface area contributed by atoms with E-state index in [0.29, 0.717) is 17.1 Å². The number of allylic oxidation sites excluding steroid dienone is 1. The molecule has 0 N–H and O–H groups in total. The summed E-state index contributed by atoms with van der Waals surface area (Å²) in [6.45, 7) is 0. The summed E-state index contributed by atoms with van der Waals surface area (Å²) in [6, 6.07) is 19.6. The van der Waals surface area contributed by atoms with Gasteiger partial charge in [-0.05, 0) is 42.0 Å². The summed E-state index contributed by atoms with van der Waals surface area (Å²) in [5.41, 5.74) is 1.09. The zero-order valence-electron chi connectivity index (χ0n) is 16.4. The molecule has 0 aliphatic carbocycles. The molecule has 3 aromatic rings. The smallest absolute Gasteiger partial charge is 0.351 e. The van der Waals surface area contributed by atoms with Crippen LogP contribution in [0.4, 0.5) is 4.39 Å². The van der Waals surface area contributed by atoms with Crippen LogP contribution in [-0.2, 0) is 0 Å². The van der Waals surface area contributed by atoms with Crippen LogP contribution in [0.25, 0.3) is 11.6 Å². The minimum atomic E-state index is -0.653. The lowest BCUT2D eigenvalue weighted by atomic mass is 10.0. The number of carbonyl (C=O) groups excluding carboxylic acids is 1. The van der Waals surface area contributed by atoms with Gasteiger partial charge in [0.15, 0.2) is 0 Å². The van der Waals surface area contributed by atoms with E-state index in [1.165, 1.54) is 32.4 Å². The maximum Gasteiger partial charge on any atom is 0.351 e. The van der Waals surface area contributed by atoms with Gasteiger partial charge in [0.2, 0.25) is 0 Å². The molecule has 6 heteroatoms. The highest BCUT2D eigenvalue weighted by molar-refractivity contribution is 5.97. The van der Waals surface area contributed by atoms with Gasteiger partial charge in [0, 0.05) is 5.56 Å². The van der Waals surface area contributed by atoms with Crippen molar-refractivity contribution in [1.29, 1.82) is 5.26 Å². The van der Waals surface area contributed by atoms with E-state index in [4.69, 9.17) is 14.2 Å².